The highest BCUT2D eigenvalue weighted by Gasteiger charge is 2.16. The molecule has 2 N–H and O–H groups in total. The van der Waals surface area contributed by atoms with Gasteiger partial charge in [0.1, 0.15) is 5.82 Å². The number of hydrogen-bond acceptors (Lipinski definition) is 2. The van der Waals surface area contributed by atoms with E-state index < -0.39 is 30.1 Å². The van der Waals surface area contributed by atoms with E-state index in [1.165, 1.54) is 6.07 Å². The van der Waals surface area contributed by atoms with Gasteiger partial charge in [0.2, 0.25) is 0 Å². The molecule has 118 valence electrons. The lowest BCUT2D eigenvalue weighted by atomic mass is 10.1. The highest BCUT2D eigenvalue weighted by atomic mass is 19.2. The first-order valence-electron chi connectivity index (χ1n) is 6.66. The van der Waals surface area contributed by atoms with Gasteiger partial charge in [0, 0.05) is 6.54 Å². The molecule has 0 aliphatic carbocycles. The maximum absolute atomic E-state index is 13.2. The molecule has 1 atom stereocenters. The van der Waals surface area contributed by atoms with E-state index in [2.05, 4.69) is 5.32 Å². The number of hydrogen-bond donors (Lipinski definition) is 2. The summed E-state index contributed by atoms with van der Waals surface area (Å²) >= 11 is 0. The third kappa shape index (κ3) is 3.64. The third-order valence-electron chi connectivity index (χ3n) is 3.37. The number of aliphatic hydroxyl groups is 1. The lowest BCUT2D eigenvalue weighted by Gasteiger charge is -2.17. The van der Waals surface area contributed by atoms with Crippen molar-refractivity contribution in [3.63, 3.8) is 0 Å². The summed E-state index contributed by atoms with van der Waals surface area (Å²) in [5, 5.41) is 12.2. The predicted molar refractivity (Wildman–Crippen MR) is 74.1 cm³/mol. The third-order valence-corrected chi connectivity index (χ3v) is 3.37. The summed E-state index contributed by atoms with van der Waals surface area (Å²) in [6, 6.07) is 5.41. The van der Waals surface area contributed by atoms with Crippen molar-refractivity contribution in [3.05, 3.63) is 70.3 Å². The van der Waals surface area contributed by atoms with Gasteiger partial charge in [-0.05, 0) is 41.8 Å². The second kappa shape index (κ2) is 6.89. The van der Waals surface area contributed by atoms with Gasteiger partial charge in [0.15, 0.2) is 17.5 Å². The summed E-state index contributed by atoms with van der Waals surface area (Å²) in [4.78, 5) is 0. The molecule has 0 radical (unpaired) electrons. The first-order valence-corrected chi connectivity index (χ1v) is 6.66. The van der Waals surface area contributed by atoms with E-state index >= 15 is 0 Å². The summed E-state index contributed by atoms with van der Waals surface area (Å²) in [6.07, 6.45) is 0. The molecule has 0 fully saturated rings. The smallest absolute Gasteiger partial charge is 0.194 e. The molecule has 2 rings (SSSR count). The summed E-state index contributed by atoms with van der Waals surface area (Å²) in [7, 11) is 0. The molecule has 0 spiro atoms. The van der Waals surface area contributed by atoms with Crippen LogP contribution in [0.25, 0.3) is 0 Å². The molecule has 0 bridgehead atoms. The normalized spacial score (nSPS) is 12.5. The van der Waals surface area contributed by atoms with Crippen molar-refractivity contribution in [2.45, 2.75) is 19.5 Å². The van der Waals surface area contributed by atoms with Crippen molar-refractivity contribution in [3.8, 4) is 0 Å². The maximum atomic E-state index is 13.2. The zero-order valence-electron chi connectivity index (χ0n) is 11.8. The van der Waals surface area contributed by atoms with Gasteiger partial charge >= 0.3 is 0 Å². The van der Waals surface area contributed by atoms with Crippen LogP contribution in [0, 0.1) is 30.2 Å². The van der Waals surface area contributed by atoms with Gasteiger partial charge in [0.05, 0.1) is 12.6 Å². The van der Waals surface area contributed by atoms with Crippen molar-refractivity contribution < 1.29 is 22.7 Å². The van der Waals surface area contributed by atoms with E-state index in [1.807, 2.05) is 0 Å². The van der Waals surface area contributed by atoms with Crippen LogP contribution in [0.4, 0.5) is 17.6 Å². The van der Waals surface area contributed by atoms with Crippen LogP contribution in [0.5, 0.6) is 0 Å². The fourth-order valence-corrected chi connectivity index (χ4v) is 2.12. The molecule has 0 aliphatic heterocycles. The Morgan fingerprint density at radius 1 is 1.00 bits per heavy atom. The van der Waals surface area contributed by atoms with E-state index in [9.17, 15) is 22.7 Å². The zero-order valence-corrected chi connectivity index (χ0v) is 11.8. The van der Waals surface area contributed by atoms with Crippen LogP contribution >= 0.6 is 0 Å². The van der Waals surface area contributed by atoms with E-state index in [0.717, 1.165) is 17.7 Å². The molecule has 0 aliphatic rings. The molecule has 6 heteroatoms. The number of halogens is 4. The molecular formula is C16H15F4NO. The Bertz CT molecular complexity index is 652. The van der Waals surface area contributed by atoms with Crippen molar-refractivity contribution in [1.82, 2.24) is 5.32 Å². The standard InChI is InChI=1S/C16H15F4NO/c1-9-4-10(2-3-12(9)17)7-21-15(8-22)11-5-13(18)16(20)14(19)6-11/h2-6,15,21-22H,7-8H2,1H3. The SMILES string of the molecule is Cc1cc(CNC(CO)c2cc(F)c(F)c(F)c2)ccc1F. The van der Waals surface area contributed by atoms with Crippen LogP contribution in [0.3, 0.4) is 0 Å². The highest BCUT2D eigenvalue weighted by molar-refractivity contribution is 5.25. The quantitative estimate of drug-likeness (QED) is 0.655. The zero-order chi connectivity index (χ0) is 16.3. The van der Waals surface area contributed by atoms with Gasteiger partial charge in [-0.25, -0.2) is 17.6 Å². The van der Waals surface area contributed by atoms with Gasteiger partial charge in [-0.1, -0.05) is 12.1 Å². The summed E-state index contributed by atoms with van der Waals surface area (Å²) in [5.41, 5.74) is 1.32. The van der Waals surface area contributed by atoms with Crippen molar-refractivity contribution in [2.24, 2.45) is 0 Å². The van der Waals surface area contributed by atoms with Gasteiger partial charge < -0.3 is 10.4 Å². The van der Waals surface area contributed by atoms with Crippen molar-refractivity contribution in [1.29, 1.82) is 0 Å². The number of rotatable bonds is 5. The lowest BCUT2D eigenvalue weighted by Crippen LogP contribution is -2.24. The van der Waals surface area contributed by atoms with E-state index in [1.54, 1.807) is 19.1 Å². The van der Waals surface area contributed by atoms with Gasteiger partial charge in [-0.15, -0.1) is 0 Å². The van der Waals surface area contributed by atoms with E-state index in [0.29, 0.717) is 5.56 Å². The van der Waals surface area contributed by atoms with Crippen LogP contribution < -0.4 is 5.32 Å². The molecule has 2 aromatic rings. The molecule has 0 saturated carbocycles. The number of aliphatic hydroxyl groups excluding tert-OH is 1. The van der Waals surface area contributed by atoms with Crippen LogP contribution in [0.15, 0.2) is 30.3 Å². The molecule has 0 amide bonds. The maximum Gasteiger partial charge on any atom is 0.194 e. The predicted octanol–water partition coefficient (Wildman–Crippen LogP) is 3.37. The van der Waals surface area contributed by atoms with Crippen LogP contribution in [0.2, 0.25) is 0 Å². The Kier molecular flexibility index (Phi) is 5.15. The van der Waals surface area contributed by atoms with Gasteiger partial charge in [0.25, 0.3) is 0 Å². The minimum absolute atomic E-state index is 0.0951. The summed E-state index contributed by atoms with van der Waals surface area (Å²) in [5.74, 6) is -4.50. The topological polar surface area (TPSA) is 32.3 Å². The van der Waals surface area contributed by atoms with Crippen LogP contribution in [0.1, 0.15) is 22.7 Å². The van der Waals surface area contributed by atoms with E-state index in [-0.39, 0.29) is 17.9 Å². The fraction of sp³-hybridized carbons (Fsp3) is 0.250. The number of aryl methyl sites for hydroxylation is 1. The lowest BCUT2D eigenvalue weighted by molar-refractivity contribution is 0.242. The number of nitrogens with one attached hydrogen (secondary N) is 1. The molecule has 2 nitrogen and oxygen atoms in total. The first kappa shape index (κ1) is 16.5. The average Bonchev–Trinajstić information content (AvgIpc) is 2.48. The molecule has 0 heterocycles. The minimum Gasteiger partial charge on any atom is -0.394 e. The first-order chi connectivity index (χ1) is 10.4. The Balaban J connectivity index is 2.14. The largest absolute Gasteiger partial charge is 0.394 e. The molecular weight excluding hydrogens is 298 g/mol. The van der Waals surface area contributed by atoms with E-state index in [4.69, 9.17) is 0 Å². The fourth-order valence-electron chi connectivity index (χ4n) is 2.12. The molecule has 2 aromatic carbocycles. The Hall–Kier alpha value is -1.92. The second-order valence-electron chi connectivity index (χ2n) is 5.00. The highest BCUT2D eigenvalue weighted by Crippen LogP contribution is 2.20. The molecule has 22 heavy (non-hydrogen) atoms. The van der Waals surface area contributed by atoms with Crippen molar-refractivity contribution >= 4 is 0 Å². The number of benzene rings is 2. The van der Waals surface area contributed by atoms with Crippen LogP contribution in [-0.4, -0.2) is 11.7 Å². The molecule has 1 unspecified atom stereocenters. The minimum atomic E-state index is -1.55. The Labute approximate surface area is 125 Å². The Morgan fingerprint density at radius 2 is 1.64 bits per heavy atom. The molecule has 0 aromatic heterocycles. The Morgan fingerprint density at radius 3 is 2.18 bits per heavy atom. The summed E-state index contributed by atoms with van der Waals surface area (Å²) in [6.45, 7) is 1.45. The second-order valence-corrected chi connectivity index (χ2v) is 5.00. The van der Waals surface area contributed by atoms with Crippen LogP contribution in [-0.2, 0) is 6.54 Å². The average molecular weight is 313 g/mol. The van der Waals surface area contributed by atoms with Gasteiger partial charge in [-0.2, -0.15) is 0 Å². The molecule has 0 saturated heterocycles. The van der Waals surface area contributed by atoms with Gasteiger partial charge in [-0.3, -0.25) is 0 Å². The van der Waals surface area contributed by atoms with Crippen molar-refractivity contribution in [2.75, 3.05) is 6.61 Å². The monoisotopic (exact) mass is 313 g/mol. The summed E-state index contributed by atoms with van der Waals surface area (Å²) < 4.78 is 52.6.